The Kier molecular flexibility index (Phi) is 4.59. The molecule has 0 spiro atoms. The zero-order valence-electron chi connectivity index (χ0n) is 15.6. The summed E-state index contributed by atoms with van der Waals surface area (Å²) >= 11 is 2.80. The minimum Gasteiger partial charge on any atom is -0.345 e. The van der Waals surface area contributed by atoms with Crippen molar-refractivity contribution in [2.24, 2.45) is 0 Å². The molecule has 152 valence electrons. The number of thiazole rings is 1. The standard InChI is InChI=1S/C20H15FN4O3S2/c21-13-1-3-15-17(11-13)30-20(22-15)24-7-5-23(6-8-24)19(26)18-10-12-9-14(25(27)28)2-4-16(12)29-18/h1-4,9-11H,5-8H2. The van der Waals surface area contributed by atoms with Crippen molar-refractivity contribution < 1.29 is 14.1 Å². The van der Waals surface area contributed by atoms with E-state index in [9.17, 15) is 19.3 Å². The smallest absolute Gasteiger partial charge is 0.270 e. The molecular weight excluding hydrogens is 427 g/mol. The maximum atomic E-state index is 13.4. The molecule has 0 radical (unpaired) electrons. The molecule has 4 aromatic rings. The number of carbonyl (C=O) groups excluding carboxylic acids is 1. The number of fused-ring (bicyclic) bond motifs is 2. The fourth-order valence-corrected chi connectivity index (χ4v) is 5.58. The van der Waals surface area contributed by atoms with Crippen molar-refractivity contribution >= 4 is 59.7 Å². The van der Waals surface area contributed by atoms with Gasteiger partial charge in [0.05, 0.1) is 20.0 Å². The molecule has 0 atom stereocenters. The summed E-state index contributed by atoms with van der Waals surface area (Å²) < 4.78 is 15.1. The number of rotatable bonds is 3. The molecule has 30 heavy (non-hydrogen) atoms. The largest absolute Gasteiger partial charge is 0.345 e. The number of non-ortho nitro benzene ring substituents is 1. The molecule has 3 heterocycles. The van der Waals surface area contributed by atoms with Crippen LogP contribution in [0.1, 0.15) is 9.67 Å². The lowest BCUT2D eigenvalue weighted by molar-refractivity contribution is -0.384. The monoisotopic (exact) mass is 442 g/mol. The minimum atomic E-state index is -0.436. The number of carbonyl (C=O) groups is 1. The number of piperazine rings is 1. The van der Waals surface area contributed by atoms with Crippen molar-refractivity contribution in [3.8, 4) is 0 Å². The second kappa shape index (κ2) is 7.29. The quantitative estimate of drug-likeness (QED) is 0.344. The molecule has 2 aromatic carbocycles. The first-order valence-corrected chi connectivity index (χ1v) is 10.9. The molecule has 1 aliphatic rings. The average Bonchev–Trinajstić information content (AvgIpc) is 3.36. The van der Waals surface area contributed by atoms with Crippen LogP contribution in [0.3, 0.4) is 0 Å². The molecule has 10 heteroatoms. The number of anilines is 1. The Morgan fingerprint density at radius 1 is 1.03 bits per heavy atom. The van der Waals surface area contributed by atoms with E-state index in [1.54, 1.807) is 23.1 Å². The average molecular weight is 442 g/mol. The van der Waals surface area contributed by atoms with Crippen LogP contribution in [-0.2, 0) is 0 Å². The van der Waals surface area contributed by atoms with E-state index in [1.165, 1.54) is 46.9 Å². The highest BCUT2D eigenvalue weighted by Crippen LogP contribution is 2.32. The van der Waals surface area contributed by atoms with Gasteiger partial charge in [-0.2, -0.15) is 0 Å². The summed E-state index contributed by atoms with van der Waals surface area (Å²) in [6.07, 6.45) is 0. The topological polar surface area (TPSA) is 79.6 Å². The SMILES string of the molecule is O=C(c1cc2cc([N+](=O)[O-])ccc2s1)N1CCN(c2nc3ccc(F)cc3s2)CC1. The summed E-state index contributed by atoms with van der Waals surface area (Å²) in [4.78, 5) is 32.5. The molecule has 1 aliphatic heterocycles. The van der Waals surface area contributed by atoms with E-state index in [1.807, 2.05) is 0 Å². The first-order valence-electron chi connectivity index (χ1n) is 9.26. The summed E-state index contributed by atoms with van der Waals surface area (Å²) in [6.45, 7) is 2.39. The molecule has 0 aliphatic carbocycles. The van der Waals surface area contributed by atoms with E-state index < -0.39 is 4.92 Å². The number of nitro benzene ring substituents is 1. The van der Waals surface area contributed by atoms with Crippen LogP contribution in [0.5, 0.6) is 0 Å². The zero-order valence-corrected chi connectivity index (χ0v) is 17.2. The first-order chi connectivity index (χ1) is 14.5. The molecule has 1 saturated heterocycles. The molecule has 0 saturated carbocycles. The van der Waals surface area contributed by atoms with Gasteiger partial charge in [-0.1, -0.05) is 11.3 Å². The molecule has 1 fully saturated rings. The lowest BCUT2D eigenvalue weighted by Gasteiger charge is -2.34. The number of hydrogen-bond acceptors (Lipinski definition) is 7. The summed E-state index contributed by atoms with van der Waals surface area (Å²) in [5.41, 5.74) is 0.790. The predicted molar refractivity (Wildman–Crippen MR) is 116 cm³/mol. The Morgan fingerprint density at radius 3 is 2.60 bits per heavy atom. The van der Waals surface area contributed by atoms with Crippen LogP contribution >= 0.6 is 22.7 Å². The summed E-state index contributed by atoms with van der Waals surface area (Å²) in [5.74, 6) is -0.341. The third-order valence-corrected chi connectivity index (χ3v) is 7.28. The number of thiophene rings is 1. The van der Waals surface area contributed by atoms with Crippen molar-refractivity contribution in [3.05, 3.63) is 63.3 Å². The number of halogens is 1. The summed E-state index contributed by atoms with van der Waals surface area (Å²) in [5, 5.41) is 12.5. The van der Waals surface area contributed by atoms with Gasteiger partial charge in [0.15, 0.2) is 5.13 Å². The number of hydrogen-bond donors (Lipinski definition) is 0. The lowest BCUT2D eigenvalue weighted by Crippen LogP contribution is -2.48. The van der Waals surface area contributed by atoms with E-state index in [0.29, 0.717) is 36.4 Å². The minimum absolute atomic E-state index is 0.0172. The fourth-order valence-electron chi connectivity index (χ4n) is 3.53. The third-order valence-electron chi connectivity index (χ3n) is 5.10. The van der Waals surface area contributed by atoms with Gasteiger partial charge < -0.3 is 9.80 Å². The van der Waals surface area contributed by atoms with Crippen molar-refractivity contribution in [1.82, 2.24) is 9.88 Å². The van der Waals surface area contributed by atoms with Gasteiger partial charge in [0.1, 0.15) is 5.82 Å². The van der Waals surface area contributed by atoms with Gasteiger partial charge in [-0.05, 0) is 30.3 Å². The van der Waals surface area contributed by atoms with Crippen molar-refractivity contribution in [2.75, 3.05) is 31.1 Å². The van der Waals surface area contributed by atoms with Crippen LogP contribution in [0.4, 0.5) is 15.2 Å². The zero-order chi connectivity index (χ0) is 20.8. The van der Waals surface area contributed by atoms with Crippen LogP contribution < -0.4 is 4.90 Å². The second-order valence-corrected chi connectivity index (χ2v) is 9.07. The summed E-state index contributed by atoms with van der Waals surface area (Å²) in [6, 6.07) is 10.9. The number of aromatic nitrogens is 1. The predicted octanol–water partition coefficient (Wildman–Crippen LogP) is 4.52. The molecule has 5 rings (SSSR count). The van der Waals surface area contributed by atoms with Crippen LogP contribution in [0, 0.1) is 15.9 Å². The molecular formula is C20H15FN4O3S2. The normalized spacial score (nSPS) is 14.6. The van der Waals surface area contributed by atoms with Gasteiger partial charge in [0.2, 0.25) is 0 Å². The van der Waals surface area contributed by atoms with Gasteiger partial charge >= 0.3 is 0 Å². The van der Waals surface area contributed by atoms with Crippen LogP contribution in [-0.4, -0.2) is 46.9 Å². The Hall–Kier alpha value is -3.11. The Bertz CT molecular complexity index is 1290. The van der Waals surface area contributed by atoms with Crippen molar-refractivity contribution in [3.63, 3.8) is 0 Å². The van der Waals surface area contributed by atoms with Gasteiger partial charge in [0, 0.05) is 48.4 Å². The maximum absolute atomic E-state index is 13.4. The van der Waals surface area contributed by atoms with Crippen molar-refractivity contribution in [2.45, 2.75) is 0 Å². The molecule has 1 amide bonds. The van der Waals surface area contributed by atoms with Gasteiger partial charge in [-0.25, -0.2) is 9.37 Å². The molecule has 0 bridgehead atoms. The number of nitro groups is 1. The van der Waals surface area contributed by atoms with Gasteiger partial charge in [-0.3, -0.25) is 14.9 Å². The lowest BCUT2D eigenvalue weighted by atomic mass is 10.2. The van der Waals surface area contributed by atoms with Crippen LogP contribution in [0.25, 0.3) is 20.3 Å². The molecule has 2 aromatic heterocycles. The molecule has 0 N–H and O–H groups in total. The first kappa shape index (κ1) is 18.9. The molecule has 0 unspecified atom stereocenters. The highest BCUT2D eigenvalue weighted by atomic mass is 32.1. The second-order valence-electron chi connectivity index (χ2n) is 6.98. The summed E-state index contributed by atoms with van der Waals surface area (Å²) in [7, 11) is 0. The Balaban J connectivity index is 1.30. The van der Waals surface area contributed by atoms with Crippen LogP contribution in [0.2, 0.25) is 0 Å². The highest BCUT2D eigenvalue weighted by molar-refractivity contribution is 7.22. The van der Waals surface area contributed by atoms with Crippen molar-refractivity contribution in [1.29, 1.82) is 0 Å². The maximum Gasteiger partial charge on any atom is 0.270 e. The number of benzene rings is 2. The van der Waals surface area contributed by atoms with Gasteiger partial charge in [0.25, 0.3) is 11.6 Å². The van der Waals surface area contributed by atoms with Gasteiger partial charge in [-0.15, -0.1) is 11.3 Å². The van der Waals surface area contributed by atoms with E-state index in [0.717, 1.165) is 20.0 Å². The van der Waals surface area contributed by atoms with E-state index in [2.05, 4.69) is 9.88 Å². The Labute approximate surface area is 178 Å². The number of amides is 1. The number of nitrogens with zero attached hydrogens (tertiary/aromatic N) is 4. The van der Waals surface area contributed by atoms with E-state index >= 15 is 0 Å². The van der Waals surface area contributed by atoms with E-state index in [-0.39, 0.29) is 17.4 Å². The van der Waals surface area contributed by atoms with E-state index in [4.69, 9.17) is 0 Å². The third kappa shape index (κ3) is 3.37. The molecule has 7 nitrogen and oxygen atoms in total. The highest BCUT2D eigenvalue weighted by Gasteiger charge is 2.25. The Morgan fingerprint density at radius 2 is 1.83 bits per heavy atom. The fraction of sp³-hybridized carbons (Fsp3) is 0.200. The van der Waals surface area contributed by atoms with Crippen LogP contribution in [0.15, 0.2) is 42.5 Å².